The van der Waals surface area contributed by atoms with Crippen molar-refractivity contribution in [1.82, 2.24) is 0 Å². The molecule has 0 heterocycles. The molecule has 2 aromatic carbocycles. The highest BCUT2D eigenvalue weighted by atomic mass is 32.2. The zero-order valence-corrected chi connectivity index (χ0v) is 15.1. The van der Waals surface area contributed by atoms with Gasteiger partial charge in [-0.1, -0.05) is 68.4 Å². The number of allylic oxidation sites excluding steroid dienone is 2. The van der Waals surface area contributed by atoms with E-state index in [1.807, 2.05) is 36.4 Å². The van der Waals surface area contributed by atoms with Crippen molar-refractivity contribution in [3.63, 3.8) is 0 Å². The van der Waals surface area contributed by atoms with Crippen LogP contribution in [0.5, 0.6) is 0 Å². The Hall–Kier alpha value is -2.00. The van der Waals surface area contributed by atoms with Crippen molar-refractivity contribution in [3.05, 3.63) is 76.9 Å². The Labute approximate surface area is 148 Å². The van der Waals surface area contributed by atoms with Crippen LogP contribution in [0, 0.1) is 0 Å². The molecule has 0 saturated carbocycles. The number of ether oxygens (including phenoxy) is 1. The molecule has 0 aliphatic heterocycles. The van der Waals surface area contributed by atoms with Crippen LogP contribution < -0.4 is 0 Å². The normalized spacial score (nSPS) is 11.8. The molecule has 0 aliphatic carbocycles. The molecule has 24 heavy (non-hydrogen) atoms. The van der Waals surface area contributed by atoms with Crippen LogP contribution in [0.2, 0.25) is 0 Å². The number of hydrogen-bond donors (Lipinski definition) is 0. The number of benzene rings is 2. The van der Waals surface area contributed by atoms with Gasteiger partial charge in [-0.25, -0.2) is 4.79 Å². The SMILES string of the molecule is CCC/C(OC(=O)c1ccccc1)=C(/CCC)Sc1ccccc1. The molecule has 0 amide bonds. The number of carbonyl (C=O) groups is 1. The second-order valence-electron chi connectivity index (χ2n) is 5.52. The number of rotatable bonds is 8. The summed E-state index contributed by atoms with van der Waals surface area (Å²) in [6, 6.07) is 19.4. The zero-order valence-electron chi connectivity index (χ0n) is 14.3. The Morgan fingerprint density at radius 2 is 1.46 bits per heavy atom. The minimum absolute atomic E-state index is 0.277. The molecular weight excluding hydrogens is 316 g/mol. The molecule has 0 aromatic heterocycles. The average molecular weight is 340 g/mol. The highest BCUT2D eigenvalue weighted by molar-refractivity contribution is 8.03. The quantitative estimate of drug-likeness (QED) is 0.314. The van der Waals surface area contributed by atoms with Crippen molar-refractivity contribution >= 4 is 17.7 Å². The summed E-state index contributed by atoms with van der Waals surface area (Å²) in [7, 11) is 0. The molecule has 0 spiro atoms. The lowest BCUT2D eigenvalue weighted by atomic mass is 10.2. The Bertz CT molecular complexity index is 663. The maximum absolute atomic E-state index is 12.4. The van der Waals surface area contributed by atoms with Gasteiger partial charge >= 0.3 is 5.97 Å². The molecule has 2 aromatic rings. The predicted octanol–water partition coefficient (Wildman–Crippen LogP) is 6.45. The first-order chi connectivity index (χ1) is 11.7. The lowest BCUT2D eigenvalue weighted by Gasteiger charge is -2.15. The number of hydrogen-bond acceptors (Lipinski definition) is 3. The van der Waals surface area contributed by atoms with Crippen LogP contribution in [-0.4, -0.2) is 5.97 Å². The van der Waals surface area contributed by atoms with E-state index in [0.717, 1.165) is 36.3 Å². The fourth-order valence-electron chi connectivity index (χ4n) is 2.32. The summed E-state index contributed by atoms with van der Waals surface area (Å²) in [5, 5.41) is 0. The van der Waals surface area contributed by atoms with Gasteiger partial charge in [-0.15, -0.1) is 0 Å². The highest BCUT2D eigenvalue weighted by Crippen LogP contribution is 2.34. The van der Waals surface area contributed by atoms with Crippen LogP contribution in [0.15, 0.2) is 76.2 Å². The van der Waals surface area contributed by atoms with Gasteiger partial charge in [0.05, 0.1) is 5.56 Å². The van der Waals surface area contributed by atoms with Crippen molar-refractivity contribution in [3.8, 4) is 0 Å². The van der Waals surface area contributed by atoms with Gasteiger partial charge in [0.1, 0.15) is 5.76 Å². The molecule has 0 radical (unpaired) electrons. The summed E-state index contributed by atoms with van der Waals surface area (Å²) in [5.74, 6) is 0.531. The van der Waals surface area contributed by atoms with Crippen molar-refractivity contribution in [2.24, 2.45) is 0 Å². The first-order valence-corrected chi connectivity index (χ1v) is 9.28. The van der Waals surface area contributed by atoms with Gasteiger partial charge in [0.25, 0.3) is 0 Å². The summed E-state index contributed by atoms with van der Waals surface area (Å²) in [6.07, 6.45) is 3.65. The molecule has 0 fully saturated rings. The van der Waals surface area contributed by atoms with Crippen LogP contribution >= 0.6 is 11.8 Å². The first kappa shape index (κ1) is 18.3. The maximum atomic E-state index is 12.4. The summed E-state index contributed by atoms with van der Waals surface area (Å²) in [5.41, 5.74) is 0.590. The predicted molar refractivity (Wildman–Crippen MR) is 101 cm³/mol. The molecule has 0 bridgehead atoms. The summed E-state index contributed by atoms with van der Waals surface area (Å²) in [4.78, 5) is 14.7. The second kappa shape index (κ2) is 9.99. The molecule has 0 atom stereocenters. The van der Waals surface area contributed by atoms with E-state index in [1.54, 1.807) is 23.9 Å². The molecule has 2 nitrogen and oxygen atoms in total. The van der Waals surface area contributed by atoms with E-state index in [0.29, 0.717) is 5.56 Å². The molecular formula is C21H24O2S. The lowest BCUT2D eigenvalue weighted by molar-refractivity contribution is 0.0611. The van der Waals surface area contributed by atoms with Gasteiger partial charge < -0.3 is 4.74 Å². The van der Waals surface area contributed by atoms with Gasteiger partial charge in [-0.05, 0) is 37.1 Å². The number of thioether (sulfide) groups is 1. The average Bonchev–Trinajstić information content (AvgIpc) is 2.62. The van der Waals surface area contributed by atoms with Gasteiger partial charge in [-0.3, -0.25) is 0 Å². The van der Waals surface area contributed by atoms with Crippen molar-refractivity contribution in [2.45, 2.75) is 44.4 Å². The van der Waals surface area contributed by atoms with Crippen LogP contribution in [0.1, 0.15) is 49.9 Å². The van der Waals surface area contributed by atoms with E-state index in [-0.39, 0.29) is 5.97 Å². The smallest absolute Gasteiger partial charge is 0.343 e. The fourth-order valence-corrected chi connectivity index (χ4v) is 3.47. The third kappa shape index (κ3) is 5.57. The van der Waals surface area contributed by atoms with Crippen LogP contribution in [-0.2, 0) is 4.74 Å². The second-order valence-corrected chi connectivity index (χ2v) is 6.69. The summed E-state index contributed by atoms with van der Waals surface area (Å²) < 4.78 is 5.78. The van der Waals surface area contributed by atoms with E-state index in [9.17, 15) is 4.79 Å². The Balaban J connectivity index is 2.24. The lowest BCUT2D eigenvalue weighted by Crippen LogP contribution is -2.06. The molecule has 3 heteroatoms. The number of esters is 1. The van der Waals surface area contributed by atoms with Crippen molar-refractivity contribution < 1.29 is 9.53 Å². The van der Waals surface area contributed by atoms with Gasteiger partial charge in [0.15, 0.2) is 0 Å². The summed E-state index contributed by atoms with van der Waals surface area (Å²) in [6.45, 7) is 4.25. The standard InChI is InChI=1S/C21H24O2S/c1-3-11-19(23-21(22)17-13-7-5-8-14-17)20(12-4-2)24-18-15-9-6-10-16-18/h5-10,13-16H,3-4,11-12H2,1-2H3/b20-19+. The third-order valence-electron chi connectivity index (χ3n) is 3.47. The molecule has 126 valence electrons. The van der Waals surface area contributed by atoms with Crippen molar-refractivity contribution in [2.75, 3.05) is 0 Å². The highest BCUT2D eigenvalue weighted by Gasteiger charge is 2.15. The van der Waals surface area contributed by atoms with Crippen LogP contribution in [0.4, 0.5) is 0 Å². The van der Waals surface area contributed by atoms with Gasteiger partial charge in [0, 0.05) is 16.2 Å². The fraction of sp³-hybridized carbons (Fsp3) is 0.286. The third-order valence-corrected chi connectivity index (χ3v) is 4.66. The van der Waals surface area contributed by atoms with E-state index in [2.05, 4.69) is 26.0 Å². The zero-order chi connectivity index (χ0) is 17.2. The van der Waals surface area contributed by atoms with Crippen molar-refractivity contribution in [1.29, 1.82) is 0 Å². The Kier molecular flexibility index (Phi) is 7.63. The maximum Gasteiger partial charge on any atom is 0.343 e. The molecule has 0 saturated heterocycles. The van der Waals surface area contributed by atoms with E-state index >= 15 is 0 Å². The van der Waals surface area contributed by atoms with E-state index < -0.39 is 0 Å². The van der Waals surface area contributed by atoms with Crippen LogP contribution in [0.3, 0.4) is 0 Å². The molecule has 0 unspecified atom stereocenters. The minimum atomic E-state index is -0.277. The largest absolute Gasteiger partial charge is 0.427 e. The molecule has 0 N–H and O–H groups in total. The Morgan fingerprint density at radius 1 is 0.875 bits per heavy atom. The monoisotopic (exact) mass is 340 g/mol. The summed E-state index contributed by atoms with van der Waals surface area (Å²) >= 11 is 1.70. The molecule has 2 rings (SSSR count). The van der Waals surface area contributed by atoms with Gasteiger partial charge in [0.2, 0.25) is 0 Å². The van der Waals surface area contributed by atoms with E-state index in [4.69, 9.17) is 4.74 Å². The Morgan fingerprint density at radius 3 is 2.04 bits per heavy atom. The minimum Gasteiger partial charge on any atom is -0.427 e. The van der Waals surface area contributed by atoms with Crippen LogP contribution in [0.25, 0.3) is 0 Å². The number of carbonyl (C=O) groups excluding carboxylic acids is 1. The van der Waals surface area contributed by atoms with Gasteiger partial charge in [-0.2, -0.15) is 0 Å². The van der Waals surface area contributed by atoms with E-state index in [1.165, 1.54) is 4.90 Å². The molecule has 0 aliphatic rings. The first-order valence-electron chi connectivity index (χ1n) is 8.46. The topological polar surface area (TPSA) is 26.3 Å².